The Labute approximate surface area is 151 Å². The molecule has 3 atom stereocenters. The third kappa shape index (κ3) is 4.00. The summed E-state index contributed by atoms with van der Waals surface area (Å²) in [5, 5.41) is 13.6. The van der Waals surface area contributed by atoms with E-state index in [9.17, 15) is 14.9 Å². The zero-order valence-electron chi connectivity index (χ0n) is 14.5. The quantitative estimate of drug-likeness (QED) is 0.598. The number of nitrogens with one attached hydrogen (secondary N) is 1. The van der Waals surface area contributed by atoms with Crippen molar-refractivity contribution in [3.05, 3.63) is 58.6 Å². The first-order valence-corrected chi connectivity index (χ1v) is 8.44. The lowest BCUT2D eigenvalue weighted by atomic mass is 10.2. The molecule has 0 aliphatic heterocycles. The second kappa shape index (κ2) is 7.53. The lowest BCUT2D eigenvalue weighted by Crippen LogP contribution is -2.16. The van der Waals surface area contributed by atoms with Crippen molar-refractivity contribution in [3.8, 4) is 11.5 Å². The highest BCUT2D eigenvalue weighted by Gasteiger charge is 2.52. The van der Waals surface area contributed by atoms with Crippen LogP contribution in [0.5, 0.6) is 11.5 Å². The van der Waals surface area contributed by atoms with Crippen molar-refractivity contribution in [3.63, 3.8) is 0 Å². The van der Waals surface area contributed by atoms with Crippen LogP contribution in [-0.2, 0) is 9.53 Å². The van der Waals surface area contributed by atoms with Gasteiger partial charge in [-0.15, -0.1) is 0 Å². The van der Waals surface area contributed by atoms with Gasteiger partial charge >= 0.3 is 0 Å². The van der Waals surface area contributed by atoms with E-state index in [1.165, 1.54) is 24.3 Å². The molecule has 1 amide bonds. The summed E-state index contributed by atoms with van der Waals surface area (Å²) in [7, 11) is 0. The van der Waals surface area contributed by atoms with Crippen LogP contribution in [0.25, 0.3) is 0 Å². The van der Waals surface area contributed by atoms with Gasteiger partial charge in [-0.25, -0.2) is 0 Å². The molecule has 0 bridgehead atoms. The van der Waals surface area contributed by atoms with Gasteiger partial charge in [0, 0.05) is 30.5 Å². The molecule has 136 valence electrons. The van der Waals surface area contributed by atoms with E-state index >= 15 is 0 Å². The zero-order chi connectivity index (χ0) is 18.7. The average molecular weight is 356 g/mol. The van der Waals surface area contributed by atoms with Crippen molar-refractivity contribution in [1.82, 2.24) is 0 Å². The molecule has 3 rings (SSSR count). The number of hydrogen-bond acceptors (Lipinski definition) is 5. The van der Waals surface area contributed by atoms with Gasteiger partial charge in [-0.05, 0) is 37.1 Å². The van der Waals surface area contributed by atoms with Crippen LogP contribution < -0.4 is 10.1 Å². The summed E-state index contributed by atoms with van der Waals surface area (Å²) in [6, 6.07) is 12.8. The number of carbonyl (C=O) groups excluding carboxylic acids is 1. The summed E-state index contributed by atoms with van der Waals surface area (Å²) in [6.45, 7) is 4.51. The number of anilines is 1. The lowest BCUT2D eigenvalue weighted by Gasteiger charge is -2.09. The first-order valence-electron chi connectivity index (χ1n) is 8.44. The van der Waals surface area contributed by atoms with Gasteiger partial charge in [0.25, 0.3) is 5.69 Å². The standard InChI is InChI=1S/C19H20N2O5/c1-3-25-18-12(2)17(18)19(22)20-13-5-4-6-16(11-13)26-15-9-7-14(8-10-15)21(23)24/h4-12,17-18H,3H2,1-2H3,(H,20,22). The molecule has 3 unspecified atom stereocenters. The van der Waals surface area contributed by atoms with Gasteiger partial charge in [0.05, 0.1) is 16.9 Å². The molecule has 1 aliphatic carbocycles. The van der Waals surface area contributed by atoms with Gasteiger partial charge < -0.3 is 14.8 Å². The van der Waals surface area contributed by atoms with Gasteiger partial charge in [-0.1, -0.05) is 13.0 Å². The zero-order valence-corrected chi connectivity index (χ0v) is 14.5. The minimum absolute atomic E-state index is 0.000713. The predicted molar refractivity (Wildman–Crippen MR) is 96.3 cm³/mol. The highest BCUT2D eigenvalue weighted by atomic mass is 16.6. The summed E-state index contributed by atoms with van der Waals surface area (Å²) in [5.41, 5.74) is 0.629. The number of benzene rings is 2. The maximum absolute atomic E-state index is 12.3. The molecule has 7 heteroatoms. The summed E-state index contributed by atoms with van der Waals surface area (Å²) < 4.78 is 11.2. The van der Waals surface area contributed by atoms with Gasteiger partial charge in [0.2, 0.25) is 5.91 Å². The van der Waals surface area contributed by atoms with Crippen LogP contribution in [-0.4, -0.2) is 23.5 Å². The number of hydrogen-bond donors (Lipinski definition) is 1. The minimum Gasteiger partial charge on any atom is -0.457 e. The van der Waals surface area contributed by atoms with Crippen molar-refractivity contribution in [2.45, 2.75) is 20.0 Å². The number of nitro groups is 1. The maximum Gasteiger partial charge on any atom is 0.269 e. The molecule has 7 nitrogen and oxygen atoms in total. The summed E-state index contributed by atoms with van der Waals surface area (Å²) in [5.74, 6) is 1.03. The third-order valence-electron chi connectivity index (χ3n) is 4.34. The molecule has 0 heterocycles. The molecule has 1 N–H and O–H groups in total. The van der Waals surface area contributed by atoms with Crippen LogP contribution in [0.1, 0.15) is 13.8 Å². The Bertz CT molecular complexity index is 806. The van der Waals surface area contributed by atoms with Crippen LogP contribution in [0.4, 0.5) is 11.4 Å². The summed E-state index contributed by atoms with van der Waals surface area (Å²) >= 11 is 0. The van der Waals surface area contributed by atoms with E-state index in [2.05, 4.69) is 5.32 Å². The van der Waals surface area contributed by atoms with Crippen molar-refractivity contribution in [1.29, 1.82) is 0 Å². The van der Waals surface area contributed by atoms with Gasteiger partial charge in [0.15, 0.2) is 0 Å². The van der Waals surface area contributed by atoms with E-state index in [1.807, 2.05) is 13.8 Å². The van der Waals surface area contributed by atoms with E-state index in [0.29, 0.717) is 23.8 Å². The predicted octanol–water partition coefficient (Wildman–Crippen LogP) is 4.00. The molecule has 0 aromatic heterocycles. The second-order valence-corrected chi connectivity index (χ2v) is 6.18. The largest absolute Gasteiger partial charge is 0.457 e. The fourth-order valence-electron chi connectivity index (χ4n) is 2.90. The maximum atomic E-state index is 12.3. The summed E-state index contributed by atoms with van der Waals surface area (Å²) in [4.78, 5) is 22.6. The molecule has 0 spiro atoms. The van der Waals surface area contributed by atoms with E-state index < -0.39 is 4.92 Å². The SMILES string of the molecule is CCOC1C(C)C1C(=O)Nc1cccc(Oc2ccc([N+](=O)[O-])cc2)c1. The number of rotatable bonds is 7. The second-order valence-electron chi connectivity index (χ2n) is 6.18. The van der Waals surface area contributed by atoms with Crippen LogP contribution in [0.3, 0.4) is 0 Å². The van der Waals surface area contributed by atoms with E-state index in [0.717, 1.165) is 0 Å². The Hall–Kier alpha value is -2.93. The first kappa shape index (κ1) is 17.9. The topological polar surface area (TPSA) is 90.7 Å². The molecular formula is C19H20N2O5. The molecule has 2 aromatic carbocycles. The van der Waals surface area contributed by atoms with Crippen molar-refractivity contribution >= 4 is 17.3 Å². The smallest absolute Gasteiger partial charge is 0.269 e. The number of carbonyl (C=O) groups is 1. The number of amides is 1. The Morgan fingerprint density at radius 1 is 1.19 bits per heavy atom. The normalized spacial score (nSPS) is 21.1. The first-order chi connectivity index (χ1) is 12.5. The molecule has 1 aliphatic rings. The monoisotopic (exact) mass is 356 g/mol. The number of nitrogens with zero attached hydrogens (tertiary/aromatic N) is 1. The Morgan fingerprint density at radius 3 is 2.58 bits per heavy atom. The van der Waals surface area contributed by atoms with Gasteiger partial charge in [0.1, 0.15) is 11.5 Å². The van der Waals surface area contributed by atoms with Gasteiger partial charge in [-0.3, -0.25) is 14.9 Å². The minimum atomic E-state index is -0.464. The molecule has 0 saturated heterocycles. The lowest BCUT2D eigenvalue weighted by molar-refractivity contribution is -0.384. The molecule has 0 radical (unpaired) electrons. The van der Waals surface area contributed by atoms with E-state index in [1.54, 1.807) is 24.3 Å². The van der Waals surface area contributed by atoms with Crippen LogP contribution in [0, 0.1) is 22.0 Å². The molecule has 1 fully saturated rings. The number of non-ortho nitro benzene ring substituents is 1. The fraction of sp³-hybridized carbons (Fsp3) is 0.316. The van der Waals surface area contributed by atoms with Crippen LogP contribution in [0.15, 0.2) is 48.5 Å². The highest BCUT2D eigenvalue weighted by molar-refractivity contribution is 5.95. The molecule has 26 heavy (non-hydrogen) atoms. The highest BCUT2D eigenvalue weighted by Crippen LogP contribution is 2.42. The van der Waals surface area contributed by atoms with Crippen molar-refractivity contribution in [2.24, 2.45) is 11.8 Å². The molecular weight excluding hydrogens is 336 g/mol. The molecule has 2 aromatic rings. The van der Waals surface area contributed by atoms with Crippen molar-refractivity contribution in [2.75, 3.05) is 11.9 Å². The Kier molecular flexibility index (Phi) is 5.18. The molecule has 1 saturated carbocycles. The Morgan fingerprint density at radius 2 is 1.92 bits per heavy atom. The Balaban J connectivity index is 1.63. The number of ether oxygens (including phenoxy) is 2. The van der Waals surface area contributed by atoms with E-state index in [4.69, 9.17) is 9.47 Å². The fourth-order valence-corrected chi connectivity index (χ4v) is 2.90. The third-order valence-corrected chi connectivity index (χ3v) is 4.34. The average Bonchev–Trinajstić information content (AvgIpc) is 3.25. The van der Waals surface area contributed by atoms with E-state index in [-0.39, 0.29) is 29.5 Å². The van der Waals surface area contributed by atoms with Gasteiger partial charge in [-0.2, -0.15) is 0 Å². The van der Waals surface area contributed by atoms with Crippen LogP contribution in [0.2, 0.25) is 0 Å². The number of nitro benzene ring substituents is 1. The van der Waals surface area contributed by atoms with Crippen molar-refractivity contribution < 1.29 is 19.2 Å². The summed E-state index contributed by atoms with van der Waals surface area (Å²) in [6.07, 6.45) is -0.0143. The van der Waals surface area contributed by atoms with Crippen LogP contribution >= 0.6 is 0 Å².